The van der Waals surface area contributed by atoms with Gasteiger partial charge < -0.3 is 10.6 Å². The van der Waals surface area contributed by atoms with Crippen molar-refractivity contribution in [2.75, 3.05) is 5.32 Å². The molecule has 1 aromatic heterocycles. The highest BCUT2D eigenvalue weighted by Crippen LogP contribution is 2.20. The number of nitrogens with one attached hydrogen (secondary N) is 2. The molecule has 1 amide bonds. The summed E-state index contributed by atoms with van der Waals surface area (Å²) in [4.78, 5) is 16.6. The number of nitrogens with zero attached hydrogens (tertiary/aromatic N) is 1. The number of amides is 1. The molecule has 126 valence electrons. The van der Waals surface area contributed by atoms with Crippen LogP contribution in [0.25, 0.3) is 0 Å². The highest BCUT2D eigenvalue weighted by atomic mass is 35.5. The van der Waals surface area contributed by atoms with Gasteiger partial charge in [0.25, 0.3) is 5.91 Å². The van der Waals surface area contributed by atoms with Crippen LogP contribution in [0, 0.1) is 0 Å². The molecule has 3 rings (SSSR count). The zero-order valence-electron chi connectivity index (χ0n) is 13.7. The van der Waals surface area contributed by atoms with Gasteiger partial charge >= 0.3 is 0 Å². The molecule has 1 atom stereocenters. The number of rotatable bonds is 5. The van der Waals surface area contributed by atoms with E-state index in [1.54, 1.807) is 18.3 Å². The summed E-state index contributed by atoms with van der Waals surface area (Å²) in [5.41, 5.74) is 3.02. The summed E-state index contributed by atoms with van der Waals surface area (Å²) in [5, 5.41) is 6.83. The standard InChI is InChI=1S/C20H18ClN3O/c1-14(15-6-3-2-4-7-15)23-20(25)19-13-18(10-11-22-19)24-17-9-5-8-16(21)12-17/h2-14H,1H3,(H,22,24)(H,23,25). The Morgan fingerprint density at radius 1 is 1.00 bits per heavy atom. The SMILES string of the molecule is CC(NC(=O)c1cc(Nc2cccc(Cl)c2)ccn1)c1ccccc1. The Labute approximate surface area is 151 Å². The van der Waals surface area contributed by atoms with E-state index in [-0.39, 0.29) is 11.9 Å². The highest BCUT2D eigenvalue weighted by molar-refractivity contribution is 6.30. The van der Waals surface area contributed by atoms with Gasteiger partial charge in [-0.15, -0.1) is 0 Å². The first kappa shape index (κ1) is 17.0. The van der Waals surface area contributed by atoms with Crippen molar-refractivity contribution in [3.05, 3.63) is 89.2 Å². The number of carbonyl (C=O) groups is 1. The number of pyridine rings is 1. The molecule has 1 heterocycles. The topological polar surface area (TPSA) is 54.0 Å². The summed E-state index contributed by atoms with van der Waals surface area (Å²) >= 11 is 5.99. The molecular formula is C20H18ClN3O. The molecule has 0 aliphatic heterocycles. The molecule has 4 nitrogen and oxygen atoms in total. The molecule has 5 heteroatoms. The van der Waals surface area contributed by atoms with Gasteiger partial charge in [0, 0.05) is 22.6 Å². The Morgan fingerprint density at radius 3 is 2.52 bits per heavy atom. The lowest BCUT2D eigenvalue weighted by molar-refractivity contribution is 0.0935. The quantitative estimate of drug-likeness (QED) is 0.682. The van der Waals surface area contributed by atoms with Crippen LogP contribution in [0.3, 0.4) is 0 Å². The number of halogens is 1. The lowest BCUT2D eigenvalue weighted by Gasteiger charge is -2.14. The Bertz CT molecular complexity index is 868. The summed E-state index contributed by atoms with van der Waals surface area (Å²) in [6.45, 7) is 1.95. The zero-order valence-corrected chi connectivity index (χ0v) is 14.5. The maximum atomic E-state index is 12.5. The van der Waals surface area contributed by atoms with E-state index < -0.39 is 0 Å². The molecule has 2 aromatic carbocycles. The van der Waals surface area contributed by atoms with E-state index in [2.05, 4.69) is 15.6 Å². The number of aromatic nitrogens is 1. The summed E-state index contributed by atoms with van der Waals surface area (Å²) < 4.78 is 0. The second kappa shape index (κ2) is 7.81. The number of benzene rings is 2. The minimum Gasteiger partial charge on any atom is -0.355 e. The summed E-state index contributed by atoms with van der Waals surface area (Å²) in [6, 6.07) is 20.6. The van der Waals surface area contributed by atoms with Gasteiger partial charge in [0.05, 0.1) is 6.04 Å². The van der Waals surface area contributed by atoms with Gasteiger partial charge in [0.15, 0.2) is 0 Å². The Morgan fingerprint density at radius 2 is 1.76 bits per heavy atom. The van der Waals surface area contributed by atoms with Gasteiger partial charge in [-0.25, -0.2) is 0 Å². The Kier molecular flexibility index (Phi) is 5.31. The van der Waals surface area contributed by atoms with Crippen molar-refractivity contribution < 1.29 is 4.79 Å². The van der Waals surface area contributed by atoms with Crippen molar-refractivity contribution >= 4 is 28.9 Å². The van der Waals surface area contributed by atoms with E-state index in [9.17, 15) is 4.79 Å². The number of carbonyl (C=O) groups excluding carboxylic acids is 1. The van der Waals surface area contributed by atoms with Crippen molar-refractivity contribution in [2.24, 2.45) is 0 Å². The van der Waals surface area contributed by atoms with Crippen LogP contribution >= 0.6 is 11.6 Å². The van der Waals surface area contributed by atoms with E-state index in [0.717, 1.165) is 16.9 Å². The molecule has 25 heavy (non-hydrogen) atoms. The fourth-order valence-corrected chi connectivity index (χ4v) is 2.65. The van der Waals surface area contributed by atoms with Crippen LogP contribution in [0.15, 0.2) is 72.9 Å². The predicted octanol–water partition coefficient (Wildman–Crippen LogP) is 4.97. The van der Waals surface area contributed by atoms with Gasteiger partial charge in [-0.3, -0.25) is 9.78 Å². The van der Waals surface area contributed by atoms with Gasteiger partial charge in [0.1, 0.15) is 5.69 Å². The fourth-order valence-electron chi connectivity index (χ4n) is 2.46. The average Bonchev–Trinajstić information content (AvgIpc) is 2.62. The molecule has 0 spiro atoms. The van der Waals surface area contributed by atoms with Crippen LogP contribution in [0.5, 0.6) is 0 Å². The number of anilines is 2. The third-order valence-corrected chi connectivity index (χ3v) is 3.99. The second-order valence-corrected chi connectivity index (χ2v) is 6.11. The summed E-state index contributed by atoms with van der Waals surface area (Å²) in [7, 11) is 0. The second-order valence-electron chi connectivity index (χ2n) is 5.67. The maximum Gasteiger partial charge on any atom is 0.270 e. The van der Waals surface area contributed by atoms with Crippen LogP contribution in [0.1, 0.15) is 29.0 Å². The Balaban J connectivity index is 1.71. The zero-order chi connectivity index (χ0) is 17.6. The lowest BCUT2D eigenvalue weighted by atomic mass is 10.1. The number of hydrogen-bond donors (Lipinski definition) is 2. The van der Waals surface area contributed by atoms with E-state index in [4.69, 9.17) is 11.6 Å². The largest absolute Gasteiger partial charge is 0.355 e. The van der Waals surface area contributed by atoms with E-state index in [1.165, 1.54) is 0 Å². The monoisotopic (exact) mass is 351 g/mol. The summed E-state index contributed by atoms with van der Waals surface area (Å²) in [5.74, 6) is -0.217. The third kappa shape index (κ3) is 4.58. The van der Waals surface area contributed by atoms with Gasteiger partial charge in [-0.05, 0) is 42.8 Å². The van der Waals surface area contributed by atoms with E-state index >= 15 is 0 Å². The van der Waals surface area contributed by atoms with Crippen molar-refractivity contribution in [3.8, 4) is 0 Å². The lowest BCUT2D eigenvalue weighted by Crippen LogP contribution is -2.27. The number of hydrogen-bond acceptors (Lipinski definition) is 3. The first-order chi connectivity index (χ1) is 12.1. The molecule has 3 aromatic rings. The fraction of sp³-hybridized carbons (Fsp3) is 0.100. The molecule has 0 bridgehead atoms. The van der Waals surface area contributed by atoms with Crippen molar-refractivity contribution in [1.82, 2.24) is 10.3 Å². The molecule has 0 saturated heterocycles. The molecule has 0 saturated carbocycles. The third-order valence-electron chi connectivity index (χ3n) is 3.75. The predicted molar refractivity (Wildman–Crippen MR) is 101 cm³/mol. The average molecular weight is 352 g/mol. The minimum absolute atomic E-state index is 0.0972. The first-order valence-electron chi connectivity index (χ1n) is 7.96. The van der Waals surface area contributed by atoms with E-state index in [1.807, 2.05) is 61.5 Å². The van der Waals surface area contributed by atoms with Crippen LogP contribution in [-0.2, 0) is 0 Å². The van der Waals surface area contributed by atoms with Crippen LogP contribution < -0.4 is 10.6 Å². The molecular weight excluding hydrogens is 334 g/mol. The highest BCUT2D eigenvalue weighted by Gasteiger charge is 2.13. The molecule has 1 unspecified atom stereocenters. The smallest absolute Gasteiger partial charge is 0.270 e. The molecule has 0 radical (unpaired) electrons. The van der Waals surface area contributed by atoms with Crippen LogP contribution in [0.2, 0.25) is 5.02 Å². The normalized spacial score (nSPS) is 11.6. The van der Waals surface area contributed by atoms with Crippen molar-refractivity contribution in [2.45, 2.75) is 13.0 Å². The van der Waals surface area contributed by atoms with Crippen molar-refractivity contribution in [1.29, 1.82) is 0 Å². The van der Waals surface area contributed by atoms with Gasteiger partial charge in [-0.1, -0.05) is 48.0 Å². The molecule has 0 aliphatic rings. The van der Waals surface area contributed by atoms with Crippen LogP contribution in [0.4, 0.5) is 11.4 Å². The van der Waals surface area contributed by atoms with Gasteiger partial charge in [0.2, 0.25) is 0 Å². The van der Waals surface area contributed by atoms with Crippen LogP contribution in [-0.4, -0.2) is 10.9 Å². The first-order valence-corrected chi connectivity index (χ1v) is 8.34. The molecule has 0 fully saturated rings. The molecule has 0 aliphatic carbocycles. The van der Waals surface area contributed by atoms with Gasteiger partial charge in [-0.2, -0.15) is 0 Å². The van der Waals surface area contributed by atoms with E-state index in [0.29, 0.717) is 10.7 Å². The Hall–Kier alpha value is -2.85. The maximum absolute atomic E-state index is 12.5. The summed E-state index contributed by atoms with van der Waals surface area (Å²) in [6.07, 6.45) is 1.61. The van der Waals surface area contributed by atoms with Crippen molar-refractivity contribution in [3.63, 3.8) is 0 Å². The minimum atomic E-state index is -0.217. The molecule has 2 N–H and O–H groups in total.